The van der Waals surface area contributed by atoms with Crippen molar-refractivity contribution < 1.29 is 17.8 Å². The molecule has 9 heteroatoms. The van der Waals surface area contributed by atoms with Gasteiger partial charge in [0.1, 0.15) is 10.4 Å². The molecule has 2 aliphatic rings. The predicted octanol–water partition coefficient (Wildman–Crippen LogP) is 1.64. The van der Waals surface area contributed by atoms with Gasteiger partial charge in [0, 0.05) is 26.2 Å². The minimum atomic E-state index is -3.76. The van der Waals surface area contributed by atoms with Crippen molar-refractivity contribution >= 4 is 27.0 Å². The van der Waals surface area contributed by atoms with E-state index >= 15 is 0 Å². The van der Waals surface area contributed by atoms with E-state index in [0.717, 1.165) is 38.8 Å². The first-order valence-electron chi connectivity index (χ1n) is 9.07. The van der Waals surface area contributed by atoms with Crippen LogP contribution in [0, 0.1) is 5.92 Å². The quantitative estimate of drug-likeness (QED) is 0.805. The van der Waals surface area contributed by atoms with Crippen LogP contribution in [-0.4, -0.2) is 60.0 Å². The topological polar surface area (TPSA) is 96.6 Å². The number of hydrogen-bond acceptors (Lipinski definition) is 6. The number of aromatic nitrogens is 2. The van der Waals surface area contributed by atoms with E-state index in [0.29, 0.717) is 18.5 Å². The molecule has 2 aromatic rings. The lowest BCUT2D eigenvalue weighted by atomic mass is 9.97. The highest BCUT2D eigenvalue weighted by Gasteiger charge is 2.36. The Labute approximate surface area is 152 Å². The van der Waals surface area contributed by atoms with Crippen LogP contribution in [0.3, 0.4) is 0 Å². The van der Waals surface area contributed by atoms with E-state index in [-0.39, 0.29) is 28.8 Å². The lowest BCUT2D eigenvalue weighted by Crippen LogP contribution is -2.47. The minimum absolute atomic E-state index is 0.0855. The molecule has 1 atom stereocenters. The Morgan fingerprint density at radius 2 is 1.88 bits per heavy atom. The number of amides is 1. The number of sulfonamides is 1. The van der Waals surface area contributed by atoms with Crippen molar-refractivity contribution in [3.05, 3.63) is 18.2 Å². The number of hydrogen-bond donors (Lipinski definition) is 0. The van der Waals surface area contributed by atoms with E-state index in [4.69, 9.17) is 0 Å². The zero-order valence-corrected chi connectivity index (χ0v) is 15.3. The van der Waals surface area contributed by atoms with Gasteiger partial charge in [0.25, 0.3) is 0 Å². The molecule has 0 aliphatic carbocycles. The minimum Gasteiger partial charge on any atom is -0.342 e. The SMILES string of the molecule is O=C([C@@H]1CCCN(S(=O)(=O)c2cccc3nonc23)C1)N1CCCCC1. The fourth-order valence-electron chi connectivity index (χ4n) is 3.86. The summed E-state index contributed by atoms with van der Waals surface area (Å²) in [7, 11) is -3.76. The number of piperidine rings is 2. The Balaban J connectivity index is 1.57. The zero-order chi connectivity index (χ0) is 18.1. The molecule has 0 N–H and O–H groups in total. The third-order valence-corrected chi connectivity index (χ3v) is 7.16. The van der Waals surface area contributed by atoms with Gasteiger partial charge in [-0.3, -0.25) is 4.79 Å². The van der Waals surface area contributed by atoms with Crippen LogP contribution in [0.25, 0.3) is 11.0 Å². The molecule has 2 saturated heterocycles. The van der Waals surface area contributed by atoms with Gasteiger partial charge in [0.15, 0.2) is 5.52 Å². The van der Waals surface area contributed by atoms with E-state index in [1.54, 1.807) is 12.1 Å². The molecular formula is C17H22N4O4S. The fourth-order valence-corrected chi connectivity index (χ4v) is 5.52. The van der Waals surface area contributed by atoms with Crippen LogP contribution in [0.5, 0.6) is 0 Å². The van der Waals surface area contributed by atoms with Crippen molar-refractivity contribution in [2.24, 2.45) is 5.92 Å². The summed E-state index contributed by atoms with van der Waals surface area (Å²) in [6, 6.07) is 4.79. The van der Waals surface area contributed by atoms with E-state index in [1.807, 2.05) is 4.90 Å². The molecule has 26 heavy (non-hydrogen) atoms. The molecule has 0 unspecified atom stereocenters. The molecule has 4 rings (SSSR count). The third-order valence-electron chi connectivity index (χ3n) is 5.27. The van der Waals surface area contributed by atoms with Crippen molar-refractivity contribution in [1.29, 1.82) is 0 Å². The normalized spacial score (nSPS) is 22.6. The largest absolute Gasteiger partial charge is 0.342 e. The van der Waals surface area contributed by atoms with Crippen LogP contribution < -0.4 is 0 Å². The molecule has 8 nitrogen and oxygen atoms in total. The molecule has 0 spiro atoms. The van der Waals surface area contributed by atoms with Crippen molar-refractivity contribution in [3.63, 3.8) is 0 Å². The van der Waals surface area contributed by atoms with E-state index in [1.165, 1.54) is 10.4 Å². The first-order valence-corrected chi connectivity index (χ1v) is 10.5. The number of likely N-dealkylation sites (tertiary alicyclic amines) is 1. The number of fused-ring (bicyclic) bond motifs is 1. The van der Waals surface area contributed by atoms with Crippen LogP contribution in [0.2, 0.25) is 0 Å². The van der Waals surface area contributed by atoms with E-state index in [2.05, 4.69) is 14.9 Å². The summed E-state index contributed by atoms with van der Waals surface area (Å²) in [4.78, 5) is 14.8. The second kappa shape index (κ2) is 6.96. The number of nitrogens with zero attached hydrogens (tertiary/aromatic N) is 4. The maximum Gasteiger partial charge on any atom is 0.245 e. The van der Waals surface area contributed by atoms with Gasteiger partial charge in [-0.1, -0.05) is 6.07 Å². The molecule has 0 bridgehead atoms. The third kappa shape index (κ3) is 3.09. The van der Waals surface area contributed by atoms with Gasteiger partial charge in [0.2, 0.25) is 15.9 Å². The molecule has 3 heterocycles. The standard InChI is InChI=1S/C17H22N4O4S/c22-17(20-9-2-1-3-10-20)13-6-5-11-21(12-13)26(23,24)15-8-4-7-14-16(15)19-25-18-14/h4,7-8,13H,1-3,5-6,9-12H2/t13-/m1/s1. The molecule has 1 aromatic heterocycles. The first-order chi connectivity index (χ1) is 12.6. The number of carbonyl (C=O) groups excluding carboxylic acids is 1. The fraction of sp³-hybridized carbons (Fsp3) is 0.588. The second-order valence-corrected chi connectivity index (χ2v) is 8.88. The van der Waals surface area contributed by atoms with E-state index in [9.17, 15) is 13.2 Å². The summed E-state index contributed by atoms with van der Waals surface area (Å²) in [5, 5.41) is 7.45. The number of carbonyl (C=O) groups is 1. The molecule has 140 valence electrons. The summed E-state index contributed by atoms with van der Waals surface area (Å²) in [5.74, 6) is -0.183. The van der Waals surface area contributed by atoms with Gasteiger partial charge in [-0.15, -0.1) is 0 Å². The molecule has 1 amide bonds. The summed E-state index contributed by atoms with van der Waals surface area (Å²) in [5.41, 5.74) is 0.640. The average Bonchev–Trinajstić information content (AvgIpc) is 3.17. The predicted molar refractivity (Wildman–Crippen MR) is 93.7 cm³/mol. The van der Waals surface area contributed by atoms with Crippen molar-refractivity contribution in [2.45, 2.75) is 37.0 Å². The van der Waals surface area contributed by atoms with Gasteiger partial charge < -0.3 is 4.90 Å². The lowest BCUT2D eigenvalue weighted by Gasteiger charge is -2.35. The molecule has 0 saturated carbocycles. The highest BCUT2D eigenvalue weighted by atomic mass is 32.2. The Kier molecular flexibility index (Phi) is 4.66. The van der Waals surface area contributed by atoms with Gasteiger partial charge in [-0.25, -0.2) is 13.0 Å². The zero-order valence-electron chi connectivity index (χ0n) is 14.5. The van der Waals surface area contributed by atoms with E-state index < -0.39 is 10.0 Å². The Morgan fingerprint density at radius 1 is 1.08 bits per heavy atom. The molecular weight excluding hydrogens is 356 g/mol. The highest BCUT2D eigenvalue weighted by Crippen LogP contribution is 2.28. The van der Waals surface area contributed by atoms with Crippen LogP contribution in [0.1, 0.15) is 32.1 Å². The van der Waals surface area contributed by atoms with Crippen LogP contribution in [-0.2, 0) is 14.8 Å². The Bertz CT molecular complexity index is 904. The smallest absolute Gasteiger partial charge is 0.245 e. The highest BCUT2D eigenvalue weighted by molar-refractivity contribution is 7.89. The van der Waals surface area contributed by atoms with Gasteiger partial charge in [-0.2, -0.15) is 4.31 Å². The molecule has 2 aliphatic heterocycles. The van der Waals surface area contributed by atoms with Crippen LogP contribution in [0.4, 0.5) is 0 Å². The van der Waals surface area contributed by atoms with Gasteiger partial charge in [0.05, 0.1) is 5.92 Å². The summed E-state index contributed by atoms with van der Waals surface area (Å²) < 4.78 is 32.4. The number of benzene rings is 1. The lowest BCUT2D eigenvalue weighted by molar-refractivity contribution is -0.137. The second-order valence-electron chi connectivity index (χ2n) is 6.98. The Hall–Kier alpha value is -2.00. The average molecular weight is 378 g/mol. The van der Waals surface area contributed by atoms with Crippen molar-refractivity contribution in [1.82, 2.24) is 19.5 Å². The van der Waals surface area contributed by atoms with Crippen molar-refractivity contribution in [3.8, 4) is 0 Å². The maximum atomic E-state index is 13.1. The molecule has 0 radical (unpaired) electrons. The van der Waals surface area contributed by atoms with Gasteiger partial charge in [-0.05, 0) is 54.6 Å². The summed E-state index contributed by atoms with van der Waals surface area (Å²) >= 11 is 0. The summed E-state index contributed by atoms with van der Waals surface area (Å²) in [6.07, 6.45) is 4.63. The van der Waals surface area contributed by atoms with Crippen molar-refractivity contribution in [2.75, 3.05) is 26.2 Å². The molecule has 2 fully saturated rings. The molecule has 1 aromatic carbocycles. The van der Waals surface area contributed by atoms with Crippen LogP contribution in [0.15, 0.2) is 27.7 Å². The monoisotopic (exact) mass is 378 g/mol. The first kappa shape index (κ1) is 17.4. The Morgan fingerprint density at radius 3 is 2.69 bits per heavy atom. The number of rotatable bonds is 3. The van der Waals surface area contributed by atoms with Gasteiger partial charge >= 0.3 is 0 Å². The summed E-state index contributed by atoms with van der Waals surface area (Å²) in [6.45, 7) is 2.20. The maximum absolute atomic E-state index is 13.1. The van der Waals surface area contributed by atoms with Crippen LogP contribution >= 0.6 is 0 Å².